The summed E-state index contributed by atoms with van der Waals surface area (Å²) in [5.74, 6) is 1.70. The molecule has 0 atom stereocenters. The van der Waals surface area contributed by atoms with Crippen LogP contribution in [0.2, 0.25) is 0 Å². The first-order valence-corrected chi connectivity index (χ1v) is 6.15. The van der Waals surface area contributed by atoms with Crippen LogP contribution in [-0.2, 0) is 0 Å². The summed E-state index contributed by atoms with van der Waals surface area (Å²) in [5.41, 5.74) is 7.14. The zero-order valence-corrected chi connectivity index (χ0v) is 9.36. The molecule has 82 valence electrons. The molecule has 0 unspecified atom stereocenters. The van der Waals surface area contributed by atoms with Gasteiger partial charge in [-0.15, -0.1) is 0 Å². The van der Waals surface area contributed by atoms with E-state index in [9.17, 15) is 0 Å². The summed E-state index contributed by atoms with van der Waals surface area (Å²) in [5, 5.41) is 0. The minimum Gasteiger partial charge on any atom is -0.330 e. The van der Waals surface area contributed by atoms with Crippen LogP contribution in [0.25, 0.3) is 0 Å². The van der Waals surface area contributed by atoms with Crippen molar-refractivity contribution in [1.29, 1.82) is 0 Å². The summed E-state index contributed by atoms with van der Waals surface area (Å²) >= 11 is 0. The Morgan fingerprint density at radius 2 is 1.67 bits per heavy atom. The van der Waals surface area contributed by atoms with Gasteiger partial charge in [0.15, 0.2) is 0 Å². The quantitative estimate of drug-likeness (QED) is 0.801. The monoisotopic (exact) mass is 203 g/mol. The highest BCUT2D eigenvalue weighted by atomic mass is 14.5. The van der Waals surface area contributed by atoms with E-state index in [1.165, 1.54) is 37.7 Å². The van der Waals surface area contributed by atoms with Gasteiger partial charge in [0.2, 0.25) is 0 Å². The van der Waals surface area contributed by atoms with E-state index in [2.05, 4.69) is 30.3 Å². The third-order valence-electron chi connectivity index (χ3n) is 3.69. The number of hydrogen-bond acceptors (Lipinski definition) is 1. The molecule has 1 aromatic carbocycles. The molecule has 0 radical (unpaired) electrons. The Balaban J connectivity index is 1.88. The molecular weight excluding hydrogens is 182 g/mol. The molecule has 15 heavy (non-hydrogen) atoms. The lowest BCUT2D eigenvalue weighted by atomic mass is 9.77. The zero-order valence-electron chi connectivity index (χ0n) is 9.36. The highest BCUT2D eigenvalue weighted by Gasteiger charge is 2.21. The molecule has 1 nitrogen and oxygen atoms in total. The smallest absolute Gasteiger partial charge is 0.00746 e. The SMILES string of the molecule is NCCC1CCC(c2ccccc2)CC1. The van der Waals surface area contributed by atoms with E-state index in [0.717, 1.165) is 18.4 Å². The average molecular weight is 203 g/mol. The minimum atomic E-state index is 0.806. The summed E-state index contributed by atoms with van der Waals surface area (Å²) in [4.78, 5) is 0. The van der Waals surface area contributed by atoms with Crippen molar-refractivity contribution in [2.24, 2.45) is 11.7 Å². The molecule has 1 heteroatoms. The van der Waals surface area contributed by atoms with Crippen molar-refractivity contribution >= 4 is 0 Å². The van der Waals surface area contributed by atoms with Gasteiger partial charge in [-0.3, -0.25) is 0 Å². The molecule has 1 saturated carbocycles. The van der Waals surface area contributed by atoms with Crippen LogP contribution in [0.5, 0.6) is 0 Å². The molecule has 0 bridgehead atoms. The van der Waals surface area contributed by atoms with Crippen LogP contribution in [-0.4, -0.2) is 6.54 Å². The number of rotatable bonds is 3. The fraction of sp³-hybridized carbons (Fsp3) is 0.571. The first-order chi connectivity index (χ1) is 7.40. The standard InChI is InChI=1S/C14H21N/c15-11-10-12-6-8-14(9-7-12)13-4-2-1-3-5-13/h1-5,12,14H,6-11,15H2. The maximum Gasteiger partial charge on any atom is -0.00746 e. The Morgan fingerprint density at radius 3 is 2.27 bits per heavy atom. The molecule has 1 aliphatic rings. The van der Waals surface area contributed by atoms with Crippen molar-refractivity contribution < 1.29 is 0 Å². The molecule has 0 spiro atoms. The second-order valence-electron chi connectivity index (χ2n) is 4.71. The third-order valence-corrected chi connectivity index (χ3v) is 3.69. The first kappa shape index (κ1) is 10.7. The first-order valence-electron chi connectivity index (χ1n) is 6.15. The lowest BCUT2D eigenvalue weighted by Crippen LogP contribution is -2.16. The molecule has 1 aliphatic carbocycles. The highest BCUT2D eigenvalue weighted by molar-refractivity contribution is 5.19. The Labute approximate surface area is 92.7 Å². The van der Waals surface area contributed by atoms with Gasteiger partial charge in [-0.25, -0.2) is 0 Å². The van der Waals surface area contributed by atoms with Crippen LogP contribution in [0.15, 0.2) is 30.3 Å². The topological polar surface area (TPSA) is 26.0 Å². The van der Waals surface area contributed by atoms with E-state index in [0.29, 0.717) is 0 Å². The van der Waals surface area contributed by atoms with Crippen molar-refractivity contribution in [2.75, 3.05) is 6.54 Å². The van der Waals surface area contributed by atoms with E-state index in [-0.39, 0.29) is 0 Å². The van der Waals surface area contributed by atoms with Gasteiger partial charge in [0.25, 0.3) is 0 Å². The van der Waals surface area contributed by atoms with Gasteiger partial charge in [0.05, 0.1) is 0 Å². The fourth-order valence-corrected chi connectivity index (χ4v) is 2.75. The van der Waals surface area contributed by atoms with Crippen molar-refractivity contribution in [3.8, 4) is 0 Å². The van der Waals surface area contributed by atoms with Crippen LogP contribution < -0.4 is 5.73 Å². The molecule has 1 aromatic rings. The summed E-state index contributed by atoms with van der Waals surface area (Å²) < 4.78 is 0. The molecule has 0 amide bonds. The van der Waals surface area contributed by atoms with Gasteiger partial charge >= 0.3 is 0 Å². The molecule has 0 heterocycles. The Morgan fingerprint density at radius 1 is 1.00 bits per heavy atom. The Hall–Kier alpha value is -0.820. The minimum absolute atomic E-state index is 0.806. The van der Waals surface area contributed by atoms with Gasteiger partial charge in [-0.2, -0.15) is 0 Å². The van der Waals surface area contributed by atoms with Crippen LogP contribution in [0.4, 0.5) is 0 Å². The van der Waals surface area contributed by atoms with Crippen molar-refractivity contribution in [3.63, 3.8) is 0 Å². The number of hydrogen-bond donors (Lipinski definition) is 1. The average Bonchev–Trinajstić information content (AvgIpc) is 2.32. The van der Waals surface area contributed by atoms with E-state index < -0.39 is 0 Å². The number of nitrogens with two attached hydrogens (primary N) is 1. The Kier molecular flexibility index (Phi) is 3.79. The second kappa shape index (κ2) is 5.32. The Bertz CT molecular complexity index is 273. The zero-order chi connectivity index (χ0) is 10.5. The van der Waals surface area contributed by atoms with Crippen LogP contribution >= 0.6 is 0 Å². The lowest BCUT2D eigenvalue weighted by molar-refractivity contribution is 0.313. The molecule has 0 aromatic heterocycles. The van der Waals surface area contributed by atoms with E-state index in [1.54, 1.807) is 0 Å². The largest absolute Gasteiger partial charge is 0.330 e. The fourth-order valence-electron chi connectivity index (χ4n) is 2.75. The maximum absolute atomic E-state index is 5.61. The van der Waals surface area contributed by atoms with Crippen LogP contribution in [0.3, 0.4) is 0 Å². The molecular formula is C14H21N. The third kappa shape index (κ3) is 2.82. The highest BCUT2D eigenvalue weighted by Crippen LogP contribution is 2.36. The molecule has 2 rings (SSSR count). The van der Waals surface area contributed by atoms with Crippen LogP contribution in [0.1, 0.15) is 43.6 Å². The summed E-state index contributed by atoms with van der Waals surface area (Å²) in [6.45, 7) is 0.862. The normalized spacial score (nSPS) is 26.5. The molecule has 0 aliphatic heterocycles. The molecule has 1 fully saturated rings. The summed E-state index contributed by atoms with van der Waals surface area (Å²) in [7, 11) is 0. The van der Waals surface area contributed by atoms with E-state index in [1.807, 2.05) is 0 Å². The molecule has 0 saturated heterocycles. The summed E-state index contributed by atoms with van der Waals surface area (Å²) in [6.07, 6.45) is 6.68. The second-order valence-corrected chi connectivity index (χ2v) is 4.71. The van der Waals surface area contributed by atoms with E-state index >= 15 is 0 Å². The van der Waals surface area contributed by atoms with Crippen LogP contribution in [0, 0.1) is 5.92 Å². The maximum atomic E-state index is 5.61. The van der Waals surface area contributed by atoms with E-state index in [4.69, 9.17) is 5.73 Å². The van der Waals surface area contributed by atoms with Gasteiger partial charge in [-0.05, 0) is 56.0 Å². The predicted molar refractivity (Wildman–Crippen MR) is 64.8 cm³/mol. The summed E-state index contributed by atoms with van der Waals surface area (Å²) in [6, 6.07) is 11.0. The van der Waals surface area contributed by atoms with Crippen molar-refractivity contribution in [3.05, 3.63) is 35.9 Å². The van der Waals surface area contributed by atoms with Crippen molar-refractivity contribution in [1.82, 2.24) is 0 Å². The number of benzene rings is 1. The van der Waals surface area contributed by atoms with Gasteiger partial charge in [-0.1, -0.05) is 30.3 Å². The van der Waals surface area contributed by atoms with Gasteiger partial charge in [0.1, 0.15) is 0 Å². The van der Waals surface area contributed by atoms with Gasteiger partial charge in [0, 0.05) is 0 Å². The predicted octanol–water partition coefficient (Wildman–Crippen LogP) is 3.31. The van der Waals surface area contributed by atoms with Crippen molar-refractivity contribution in [2.45, 2.75) is 38.0 Å². The van der Waals surface area contributed by atoms with Gasteiger partial charge < -0.3 is 5.73 Å². The lowest BCUT2D eigenvalue weighted by Gasteiger charge is -2.28. The molecule has 2 N–H and O–H groups in total.